The minimum atomic E-state index is -3.97. The average Bonchev–Trinajstić information content (AvgIpc) is 2.71. The number of aromatic carboxylic acids is 1. The van der Waals surface area contributed by atoms with Gasteiger partial charge in [0.2, 0.25) is 9.84 Å². The molecule has 0 spiro atoms. The van der Waals surface area contributed by atoms with E-state index < -0.39 is 26.5 Å². The summed E-state index contributed by atoms with van der Waals surface area (Å²) in [6.45, 7) is 3.17. The van der Waals surface area contributed by atoms with E-state index in [2.05, 4.69) is 5.10 Å². The summed E-state index contributed by atoms with van der Waals surface area (Å²) in [5, 5.41) is 11.3. The number of aryl methyl sites for hydroxylation is 1. The van der Waals surface area contributed by atoms with E-state index in [1.807, 2.05) is 0 Å². The van der Waals surface area contributed by atoms with Crippen molar-refractivity contribution in [1.82, 2.24) is 9.78 Å². The fourth-order valence-corrected chi connectivity index (χ4v) is 2.05. The average molecular weight is 260 g/mol. The van der Waals surface area contributed by atoms with Gasteiger partial charge in [-0.2, -0.15) is 5.10 Å². The second-order valence-electron chi connectivity index (χ2n) is 3.22. The van der Waals surface area contributed by atoms with Crippen molar-refractivity contribution in [2.75, 3.05) is 5.75 Å². The number of hydrogen-bond acceptors (Lipinski definition) is 5. The first-order chi connectivity index (χ1) is 7.85. The Kier molecular flexibility index (Phi) is 3.66. The van der Waals surface area contributed by atoms with Crippen molar-refractivity contribution >= 4 is 20.9 Å². The Morgan fingerprint density at radius 2 is 2.00 bits per heavy atom. The molecule has 7 nitrogen and oxygen atoms in total. The van der Waals surface area contributed by atoms with E-state index in [-0.39, 0.29) is 18.0 Å². The number of carbonyl (C=O) groups excluding carboxylic acids is 1. The number of aromatic nitrogens is 2. The normalized spacial score (nSPS) is 11.4. The van der Waals surface area contributed by atoms with Gasteiger partial charge in [0.15, 0.2) is 0 Å². The standard InChI is InChI=1S/C9H12N2O5S/c1-3-11-7(6(5-10-11)8(12)13)9(14)17(15,16)4-2/h5H,3-4H2,1-2H3,(H,12,13). The lowest BCUT2D eigenvalue weighted by Crippen LogP contribution is -2.23. The Morgan fingerprint density at radius 3 is 2.41 bits per heavy atom. The molecule has 0 atom stereocenters. The highest BCUT2D eigenvalue weighted by Crippen LogP contribution is 2.13. The van der Waals surface area contributed by atoms with E-state index in [4.69, 9.17) is 5.11 Å². The lowest BCUT2D eigenvalue weighted by Gasteiger charge is -2.04. The summed E-state index contributed by atoms with van der Waals surface area (Å²) in [6, 6.07) is 0. The molecule has 1 aromatic rings. The fourth-order valence-electron chi connectivity index (χ4n) is 1.28. The van der Waals surface area contributed by atoms with Gasteiger partial charge in [-0.3, -0.25) is 9.48 Å². The van der Waals surface area contributed by atoms with Crippen LogP contribution in [0, 0.1) is 0 Å². The van der Waals surface area contributed by atoms with Gasteiger partial charge in [-0.05, 0) is 6.92 Å². The topological polar surface area (TPSA) is 106 Å². The second-order valence-corrected chi connectivity index (χ2v) is 5.40. The van der Waals surface area contributed by atoms with Gasteiger partial charge in [0.05, 0.1) is 11.9 Å². The van der Waals surface area contributed by atoms with Crippen molar-refractivity contribution in [3.8, 4) is 0 Å². The van der Waals surface area contributed by atoms with Gasteiger partial charge in [0.25, 0.3) is 5.12 Å². The largest absolute Gasteiger partial charge is 0.478 e. The zero-order valence-corrected chi connectivity index (χ0v) is 10.2. The minimum absolute atomic E-state index is 0.216. The minimum Gasteiger partial charge on any atom is -0.478 e. The maximum absolute atomic E-state index is 11.8. The van der Waals surface area contributed by atoms with Crippen molar-refractivity contribution in [1.29, 1.82) is 0 Å². The maximum atomic E-state index is 11.8. The predicted molar refractivity (Wildman–Crippen MR) is 58.7 cm³/mol. The molecule has 8 heteroatoms. The van der Waals surface area contributed by atoms with Crippen LogP contribution in [0.5, 0.6) is 0 Å². The molecule has 1 rings (SSSR count). The van der Waals surface area contributed by atoms with Crippen LogP contribution in [0.25, 0.3) is 0 Å². The first kappa shape index (κ1) is 13.4. The Labute approximate surface area is 98.0 Å². The van der Waals surface area contributed by atoms with Crippen molar-refractivity contribution in [2.24, 2.45) is 0 Å². The molecule has 1 N–H and O–H groups in total. The molecule has 0 aliphatic heterocycles. The van der Waals surface area contributed by atoms with Crippen molar-refractivity contribution in [3.05, 3.63) is 17.5 Å². The lowest BCUT2D eigenvalue weighted by molar-refractivity contribution is 0.0693. The van der Waals surface area contributed by atoms with Crippen LogP contribution >= 0.6 is 0 Å². The van der Waals surface area contributed by atoms with Crippen LogP contribution in [-0.2, 0) is 16.4 Å². The third-order valence-electron chi connectivity index (χ3n) is 2.23. The molecule has 1 heterocycles. The molecule has 0 amide bonds. The Hall–Kier alpha value is -1.70. The van der Waals surface area contributed by atoms with Gasteiger partial charge in [-0.25, -0.2) is 13.2 Å². The molecule has 0 aromatic carbocycles. The van der Waals surface area contributed by atoms with Crippen LogP contribution in [-0.4, -0.2) is 40.1 Å². The van der Waals surface area contributed by atoms with E-state index in [0.29, 0.717) is 0 Å². The fraction of sp³-hybridized carbons (Fsp3) is 0.444. The van der Waals surface area contributed by atoms with Crippen LogP contribution in [0.1, 0.15) is 34.7 Å². The van der Waals surface area contributed by atoms with Gasteiger partial charge >= 0.3 is 5.97 Å². The van der Waals surface area contributed by atoms with Crippen LogP contribution < -0.4 is 0 Å². The maximum Gasteiger partial charge on any atom is 0.339 e. The highest BCUT2D eigenvalue weighted by Gasteiger charge is 2.30. The molecule has 94 valence electrons. The molecule has 0 saturated carbocycles. The Balaban J connectivity index is 3.44. The molecular weight excluding hydrogens is 248 g/mol. The third kappa shape index (κ3) is 2.36. The number of nitrogens with zero attached hydrogens (tertiary/aromatic N) is 2. The second kappa shape index (κ2) is 4.66. The summed E-state index contributed by atoms with van der Waals surface area (Å²) in [5.41, 5.74) is -0.782. The summed E-state index contributed by atoms with van der Waals surface area (Å²) in [7, 11) is -3.97. The van der Waals surface area contributed by atoms with Gasteiger partial charge in [0, 0.05) is 6.54 Å². The monoisotopic (exact) mass is 260 g/mol. The molecule has 0 aliphatic rings. The van der Waals surface area contributed by atoms with Gasteiger partial charge in [-0.15, -0.1) is 0 Å². The Bertz CT molecular complexity index is 558. The highest BCUT2D eigenvalue weighted by atomic mass is 32.2. The van der Waals surface area contributed by atoms with E-state index >= 15 is 0 Å². The summed E-state index contributed by atoms with van der Waals surface area (Å²) in [5.74, 6) is -1.75. The van der Waals surface area contributed by atoms with Gasteiger partial charge in [0.1, 0.15) is 11.3 Å². The summed E-state index contributed by atoms with van der Waals surface area (Å²) < 4.78 is 24.0. The summed E-state index contributed by atoms with van der Waals surface area (Å²) in [6.07, 6.45) is 0.976. The quantitative estimate of drug-likeness (QED) is 0.827. The Morgan fingerprint density at radius 1 is 1.41 bits per heavy atom. The number of carbonyl (C=O) groups is 2. The van der Waals surface area contributed by atoms with E-state index in [1.54, 1.807) is 6.92 Å². The zero-order valence-electron chi connectivity index (χ0n) is 9.37. The van der Waals surface area contributed by atoms with E-state index in [0.717, 1.165) is 10.9 Å². The van der Waals surface area contributed by atoms with Crippen LogP contribution in [0.2, 0.25) is 0 Å². The van der Waals surface area contributed by atoms with E-state index in [1.165, 1.54) is 6.92 Å². The van der Waals surface area contributed by atoms with E-state index in [9.17, 15) is 18.0 Å². The molecule has 0 saturated heterocycles. The molecule has 0 fully saturated rings. The van der Waals surface area contributed by atoms with Crippen molar-refractivity contribution in [3.63, 3.8) is 0 Å². The number of hydrogen-bond donors (Lipinski definition) is 1. The van der Waals surface area contributed by atoms with Gasteiger partial charge in [-0.1, -0.05) is 6.92 Å². The first-order valence-electron chi connectivity index (χ1n) is 4.91. The lowest BCUT2D eigenvalue weighted by atomic mass is 10.2. The number of carboxylic acid groups (broad SMARTS) is 1. The zero-order chi connectivity index (χ0) is 13.2. The molecule has 0 aliphatic carbocycles. The van der Waals surface area contributed by atoms with Gasteiger partial charge < -0.3 is 5.11 Å². The van der Waals surface area contributed by atoms with Crippen molar-refractivity contribution < 1.29 is 23.1 Å². The summed E-state index contributed by atoms with van der Waals surface area (Å²) in [4.78, 5) is 22.6. The van der Waals surface area contributed by atoms with Crippen LogP contribution in [0.3, 0.4) is 0 Å². The first-order valence-corrected chi connectivity index (χ1v) is 6.56. The molecule has 1 aromatic heterocycles. The SMILES string of the molecule is CCn1ncc(C(=O)O)c1C(=O)S(=O)(=O)CC. The molecule has 0 bridgehead atoms. The summed E-state index contributed by atoms with van der Waals surface area (Å²) >= 11 is 0. The predicted octanol–water partition coefficient (Wildman–Crippen LogP) is 0.176. The molecule has 0 radical (unpaired) electrons. The molecule has 0 unspecified atom stereocenters. The number of carboxylic acids is 1. The molecule has 17 heavy (non-hydrogen) atoms. The van der Waals surface area contributed by atoms with Crippen LogP contribution in [0.4, 0.5) is 0 Å². The smallest absolute Gasteiger partial charge is 0.339 e. The van der Waals surface area contributed by atoms with Crippen LogP contribution in [0.15, 0.2) is 6.20 Å². The number of rotatable bonds is 4. The third-order valence-corrected chi connectivity index (χ3v) is 3.74. The highest BCUT2D eigenvalue weighted by molar-refractivity contribution is 8.06. The molecular formula is C9H12N2O5S. The van der Waals surface area contributed by atoms with Crippen molar-refractivity contribution in [2.45, 2.75) is 20.4 Å². The number of sulfone groups is 1.